The maximum Gasteiger partial charge on any atom is 0.278 e. The van der Waals surface area contributed by atoms with Gasteiger partial charge in [0.1, 0.15) is 0 Å². The number of hydrogen-bond acceptors (Lipinski definition) is 3. The third-order valence-electron chi connectivity index (χ3n) is 2.70. The van der Waals surface area contributed by atoms with Crippen molar-refractivity contribution in [3.05, 3.63) is 58.4 Å². The average molecular weight is 252 g/mol. The van der Waals surface area contributed by atoms with Gasteiger partial charge >= 0.3 is 0 Å². The number of benzene rings is 1. The van der Waals surface area contributed by atoms with Gasteiger partial charge in [-0.05, 0) is 18.1 Å². The molecular formula is C14H10N4O. The van der Waals surface area contributed by atoms with Crippen molar-refractivity contribution in [3.63, 3.8) is 0 Å². The van der Waals surface area contributed by atoms with Gasteiger partial charge in [0, 0.05) is 12.6 Å². The van der Waals surface area contributed by atoms with E-state index in [1.165, 1.54) is 6.33 Å². The standard InChI is InChI=1S/C14H10N4O/c1-18-11(8-7-10-5-3-2-4-6-10)17-12-13(18)15-9-16-14(12)19/h2-6,9H,1H3,(H,15,16,19)/i2T. The summed E-state index contributed by atoms with van der Waals surface area (Å²) in [6.45, 7) is 0. The van der Waals surface area contributed by atoms with Gasteiger partial charge in [-0.15, -0.1) is 0 Å². The number of imidazole rings is 1. The Morgan fingerprint density at radius 1 is 1.37 bits per heavy atom. The summed E-state index contributed by atoms with van der Waals surface area (Å²) in [5.41, 5.74) is 1.28. The van der Waals surface area contributed by atoms with Crippen LogP contribution in [-0.2, 0) is 7.05 Å². The highest BCUT2D eigenvalue weighted by atomic mass is 16.1. The Morgan fingerprint density at radius 3 is 2.89 bits per heavy atom. The second kappa shape index (κ2) is 4.42. The predicted octanol–water partition coefficient (Wildman–Crippen LogP) is 1.06. The molecule has 0 aliphatic heterocycles. The Bertz CT molecular complexity index is 897. The summed E-state index contributed by atoms with van der Waals surface area (Å²) < 4.78 is 9.08. The number of fused-ring (bicyclic) bond motifs is 1. The van der Waals surface area contributed by atoms with Crippen molar-refractivity contribution in [1.82, 2.24) is 19.5 Å². The summed E-state index contributed by atoms with van der Waals surface area (Å²) in [4.78, 5) is 22.4. The smallest absolute Gasteiger partial charge is 0.278 e. The number of aromatic amines is 1. The first kappa shape index (κ1) is 10.1. The van der Waals surface area contributed by atoms with Crippen LogP contribution in [0.1, 0.15) is 12.8 Å². The van der Waals surface area contributed by atoms with Gasteiger partial charge in [-0.2, -0.15) is 0 Å². The number of nitrogens with one attached hydrogen (secondary N) is 1. The molecule has 1 N–H and O–H groups in total. The minimum Gasteiger partial charge on any atom is -0.311 e. The first-order chi connectivity index (χ1) is 9.65. The normalized spacial score (nSPS) is 10.9. The average Bonchev–Trinajstić information content (AvgIpc) is 2.77. The molecular weight excluding hydrogens is 240 g/mol. The number of H-pyrrole nitrogens is 1. The Balaban J connectivity index is 2.08. The van der Waals surface area contributed by atoms with Gasteiger partial charge < -0.3 is 9.55 Å². The van der Waals surface area contributed by atoms with E-state index in [1.54, 1.807) is 35.9 Å². The Hall–Kier alpha value is -2.87. The molecule has 2 heterocycles. The van der Waals surface area contributed by atoms with Gasteiger partial charge in [0.25, 0.3) is 5.56 Å². The molecule has 0 fully saturated rings. The van der Waals surface area contributed by atoms with E-state index in [0.29, 0.717) is 17.5 Å². The third kappa shape index (κ3) is 2.00. The van der Waals surface area contributed by atoms with E-state index < -0.39 is 0 Å². The predicted molar refractivity (Wildman–Crippen MR) is 71.6 cm³/mol. The molecule has 92 valence electrons. The van der Waals surface area contributed by atoms with Crippen molar-refractivity contribution in [2.24, 2.45) is 7.05 Å². The minimum atomic E-state index is -0.280. The molecule has 0 spiro atoms. The number of aromatic nitrogens is 4. The highest BCUT2D eigenvalue weighted by Crippen LogP contribution is 2.06. The number of nitrogens with zero attached hydrogens (tertiary/aromatic N) is 3. The Kier molecular flexibility index (Phi) is 2.35. The van der Waals surface area contributed by atoms with Crippen molar-refractivity contribution in [1.29, 1.82) is 0 Å². The molecule has 0 unspecified atom stereocenters. The molecule has 0 saturated carbocycles. The highest BCUT2D eigenvalue weighted by Gasteiger charge is 2.09. The second-order valence-electron chi connectivity index (χ2n) is 3.94. The zero-order chi connectivity index (χ0) is 14.1. The maximum absolute atomic E-state index is 11.6. The molecule has 2 aromatic heterocycles. The molecule has 0 aliphatic carbocycles. The summed E-state index contributed by atoms with van der Waals surface area (Å²) in [6, 6.07) is 7.32. The van der Waals surface area contributed by atoms with E-state index in [1.807, 2.05) is 0 Å². The third-order valence-corrected chi connectivity index (χ3v) is 2.70. The number of aryl methyl sites for hydroxylation is 1. The maximum atomic E-state index is 11.6. The van der Waals surface area contributed by atoms with Gasteiger partial charge in [0.15, 0.2) is 17.0 Å². The molecule has 0 aliphatic rings. The summed E-state index contributed by atoms with van der Waals surface area (Å²) in [5.74, 6) is 6.34. The van der Waals surface area contributed by atoms with Crippen LogP contribution < -0.4 is 5.56 Å². The van der Waals surface area contributed by atoms with Gasteiger partial charge in [0.2, 0.25) is 0 Å². The fourth-order valence-electron chi connectivity index (χ4n) is 1.72. The lowest BCUT2D eigenvalue weighted by atomic mass is 10.2. The Labute approximate surface area is 110 Å². The van der Waals surface area contributed by atoms with Crippen molar-refractivity contribution in [2.75, 3.05) is 0 Å². The molecule has 3 rings (SSSR count). The van der Waals surface area contributed by atoms with Gasteiger partial charge in [-0.1, -0.05) is 24.1 Å². The van der Waals surface area contributed by atoms with Gasteiger partial charge in [-0.25, -0.2) is 9.97 Å². The van der Waals surface area contributed by atoms with E-state index in [2.05, 4.69) is 26.8 Å². The van der Waals surface area contributed by atoms with Crippen LogP contribution in [0.3, 0.4) is 0 Å². The number of hydrogen-bond donors (Lipinski definition) is 1. The molecule has 0 amide bonds. The largest absolute Gasteiger partial charge is 0.311 e. The second-order valence-corrected chi connectivity index (χ2v) is 3.94. The summed E-state index contributed by atoms with van der Waals surface area (Å²) >= 11 is 0. The monoisotopic (exact) mass is 252 g/mol. The Morgan fingerprint density at radius 2 is 2.16 bits per heavy atom. The van der Waals surface area contributed by atoms with E-state index >= 15 is 0 Å². The van der Waals surface area contributed by atoms with Crippen LogP contribution in [0.15, 0.2) is 41.4 Å². The zero-order valence-electron chi connectivity index (χ0n) is 11.1. The van der Waals surface area contributed by atoms with Crippen molar-refractivity contribution in [3.8, 4) is 11.8 Å². The lowest BCUT2D eigenvalue weighted by molar-refractivity contribution is 0.908. The van der Waals surface area contributed by atoms with E-state index in [0.717, 1.165) is 5.56 Å². The molecule has 0 radical (unpaired) electrons. The first-order valence-corrected chi connectivity index (χ1v) is 5.64. The van der Waals surface area contributed by atoms with Crippen LogP contribution in [0.5, 0.6) is 0 Å². The molecule has 0 bridgehead atoms. The van der Waals surface area contributed by atoms with Crippen LogP contribution in [0, 0.1) is 11.8 Å². The minimum absolute atomic E-state index is 0.279. The summed E-state index contributed by atoms with van der Waals surface area (Å²) in [7, 11) is 1.76. The molecule has 1 aromatic carbocycles. The fraction of sp³-hybridized carbons (Fsp3) is 0.0714. The SMILES string of the molecule is [3H]c1ccc(C#Cc2nc3c(=O)[nH]cnc3n2C)cc1. The molecule has 5 heteroatoms. The first-order valence-electron chi connectivity index (χ1n) is 6.14. The van der Waals surface area contributed by atoms with Crippen LogP contribution in [0.2, 0.25) is 0 Å². The van der Waals surface area contributed by atoms with Gasteiger partial charge in [0.05, 0.1) is 7.70 Å². The van der Waals surface area contributed by atoms with Crippen LogP contribution in [-0.4, -0.2) is 19.5 Å². The quantitative estimate of drug-likeness (QED) is 0.608. The van der Waals surface area contributed by atoms with E-state index in [-0.39, 0.29) is 11.1 Å². The van der Waals surface area contributed by atoms with Crippen LogP contribution >= 0.6 is 0 Å². The molecule has 0 atom stereocenters. The van der Waals surface area contributed by atoms with Crippen molar-refractivity contribution in [2.45, 2.75) is 0 Å². The van der Waals surface area contributed by atoms with Crippen molar-refractivity contribution < 1.29 is 1.37 Å². The number of rotatable bonds is 0. The topological polar surface area (TPSA) is 63.6 Å². The molecule has 0 saturated heterocycles. The zero-order valence-corrected chi connectivity index (χ0v) is 10.1. The summed E-state index contributed by atoms with van der Waals surface area (Å²) in [6.07, 6.45) is 1.34. The highest BCUT2D eigenvalue weighted by molar-refractivity contribution is 5.70. The fourth-order valence-corrected chi connectivity index (χ4v) is 1.72. The summed E-state index contributed by atoms with van der Waals surface area (Å²) in [5, 5.41) is 0. The van der Waals surface area contributed by atoms with E-state index in [4.69, 9.17) is 1.37 Å². The van der Waals surface area contributed by atoms with Crippen LogP contribution in [0.4, 0.5) is 0 Å². The lowest BCUT2D eigenvalue weighted by Crippen LogP contribution is -2.06. The lowest BCUT2D eigenvalue weighted by Gasteiger charge is -1.93. The molecule has 3 aromatic rings. The van der Waals surface area contributed by atoms with Crippen molar-refractivity contribution >= 4 is 11.2 Å². The van der Waals surface area contributed by atoms with Crippen LogP contribution in [0.25, 0.3) is 11.2 Å². The molecule has 5 nitrogen and oxygen atoms in total. The van der Waals surface area contributed by atoms with E-state index in [9.17, 15) is 4.79 Å². The van der Waals surface area contributed by atoms with Gasteiger partial charge in [-0.3, -0.25) is 4.79 Å². The molecule has 19 heavy (non-hydrogen) atoms.